The lowest BCUT2D eigenvalue weighted by molar-refractivity contribution is -0.132. The van der Waals surface area contributed by atoms with Gasteiger partial charge in [0.2, 0.25) is 5.91 Å². The normalized spacial score (nSPS) is 16.2. The number of nitrogens with one attached hydrogen (secondary N) is 1. The zero-order chi connectivity index (χ0) is 22.5. The highest BCUT2D eigenvalue weighted by molar-refractivity contribution is 5.95. The first-order valence-corrected chi connectivity index (χ1v) is 11.1. The molecule has 32 heavy (non-hydrogen) atoms. The fraction of sp³-hybridized carbons (Fsp3) is 0.417. The quantitative estimate of drug-likeness (QED) is 0.619. The molecule has 0 unspecified atom stereocenters. The summed E-state index contributed by atoms with van der Waals surface area (Å²) >= 11 is 0. The van der Waals surface area contributed by atoms with Gasteiger partial charge < -0.3 is 14.4 Å². The summed E-state index contributed by atoms with van der Waals surface area (Å²) in [4.78, 5) is 33.8. The van der Waals surface area contributed by atoms with E-state index < -0.39 is 0 Å². The van der Waals surface area contributed by atoms with E-state index >= 15 is 0 Å². The Labute approximate surface area is 188 Å². The largest absolute Gasteiger partial charge is 0.342 e. The minimum atomic E-state index is -0.0587. The van der Waals surface area contributed by atoms with Crippen molar-refractivity contribution in [2.75, 3.05) is 20.1 Å². The van der Waals surface area contributed by atoms with Gasteiger partial charge in [0.05, 0.1) is 17.5 Å². The number of imidazole rings is 1. The van der Waals surface area contributed by atoms with Crippen molar-refractivity contribution in [3.8, 4) is 0 Å². The van der Waals surface area contributed by atoms with Crippen LogP contribution in [0.1, 0.15) is 52.6 Å². The SMILES string of the molecule is Cc1nccn1CCC(=O)N1CCC[C@@H](c2[nH]ncc2C(=O)N(C)Cc2ccccc2)C1. The summed E-state index contributed by atoms with van der Waals surface area (Å²) in [5.41, 5.74) is 2.51. The van der Waals surface area contributed by atoms with Crippen LogP contribution < -0.4 is 0 Å². The zero-order valence-electron chi connectivity index (χ0n) is 18.7. The van der Waals surface area contributed by atoms with Gasteiger partial charge in [0.25, 0.3) is 5.91 Å². The first kappa shape index (κ1) is 21.8. The van der Waals surface area contributed by atoms with Gasteiger partial charge in [-0.2, -0.15) is 5.10 Å². The van der Waals surface area contributed by atoms with Gasteiger partial charge in [-0.25, -0.2) is 4.98 Å². The summed E-state index contributed by atoms with van der Waals surface area (Å²) in [5, 5.41) is 7.22. The molecule has 2 amide bonds. The predicted octanol–water partition coefficient (Wildman–Crippen LogP) is 2.98. The summed E-state index contributed by atoms with van der Waals surface area (Å²) < 4.78 is 1.99. The van der Waals surface area contributed by atoms with Crippen LogP contribution in [0.15, 0.2) is 48.9 Å². The number of H-pyrrole nitrogens is 1. The molecule has 0 bridgehead atoms. The number of aromatic amines is 1. The Morgan fingerprint density at radius 2 is 2.06 bits per heavy atom. The highest BCUT2D eigenvalue weighted by Crippen LogP contribution is 2.29. The van der Waals surface area contributed by atoms with Crippen molar-refractivity contribution in [3.05, 3.63) is 71.6 Å². The smallest absolute Gasteiger partial charge is 0.257 e. The van der Waals surface area contributed by atoms with Crippen molar-refractivity contribution in [1.82, 2.24) is 29.5 Å². The molecule has 2 aromatic heterocycles. The van der Waals surface area contributed by atoms with Crippen molar-refractivity contribution in [2.24, 2.45) is 0 Å². The van der Waals surface area contributed by atoms with E-state index in [2.05, 4.69) is 15.2 Å². The number of nitrogens with zero attached hydrogens (tertiary/aromatic N) is 5. The van der Waals surface area contributed by atoms with Crippen LogP contribution in [-0.4, -0.2) is 61.5 Å². The number of hydrogen-bond acceptors (Lipinski definition) is 4. The summed E-state index contributed by atoms with van der Waals surface area (Å²) in [6.07, 6.45) is 7.54. The van der Waals surface area contributed by atoms with Gasteiger partial charge in [-0.05, 0) is 25.3 Å². The van der Waals surface area contributed by atoms with E-state index in [4.69, 9.17) is 0 Å². The Kier molecular flexibility index (Phi) is 6.68. The highest BCUT2D eigenvalue weighted by atomic mass is 16.2. The molecule has 0 saturated carbocycles. The topological polar surface area (TPSA) is 87.1 Å². The summed E-state index contributed by atoms with van der Waals surface area (Å²) in [5.74, 6) is 1.07. The molecule has 1 saturated heterocycles. The third-order valence-electron chi connectivity index (χ3n) is 6.18. The molecule has 1 aromatic carbocycles. The summed E-state index contributed by atoms with van der Waals surface area (Å²) in [6.45, 7) is 4.46. The van der Waals surface area contributed by atoms with Crippen LogP contribution in [0.25, 0.3) is 0 Å². The standard InChI is InChI=1S/C24H30N6O2/c1-18-25-11-14-29(18)13-10-22(31)30-12-6-9-20(17-30)23-21(15-26-27-23)24(32)28(2)16-19-7-4-3-5-8-19/h3-5,7-8,11,14-15,20H,6,9-10,12-13,16-17H2,1-2H3,(H,26,27)/t20-/m1/s1. The maximum absolute atomic E-state index is 13.1. The number of likely N-dealkylation sites (tertiary alicyclic amines) is 1. The van der Waals surface area contributed by atoms with Crippen LogP contribution >= 0.6 is 0 Å². The fourth-order valence-corrected chi connectivity index (χ4v) is 4.37. The highest BCUT2D eigenvalue weighted by Gasteiger charge is 2.29. The van der Waals surface area contributed by atoms with Gasteiger partial charge in [0.1, 0.15) is 5.82 Å². The number of hydrogen-bond donors (Lipinski definition) is 1. The van der Waals surface area contributed by atoms with Gasteiger partial charge >= 0.3 is 0 Å². The Hall–Kier alpha value is -3.42. The number of carbonyl (C=O) groups excluding carboxylic acids is 2. The molecule has 3 aromatic rings. The van der Waals surface area contributed by atoms with Gasteiger partial charge in [-0.15, -0.1) is 0 Å². The number of piperidine rings is 1. The lowest BCUT2D eigenvalue weighted by Gasteiger charge is -2.33. The van der Waals surface area contributed by atoms with E-state index in [-0.39, 0.29) is 17.7 Å². The number of benzene rings is 1. The van der Waals surface area contributed by atoms with Crippen LogP contribution in [0.3, 0.4) is 0 Å². The minimum Gasteiger partial charge on any atom is -0.342 e. The number of amides is 2. The van der Waals surface area contributed by atoms with Crippen molar-refractivity contribution in [3.63, 3.8) is 0 Å². The molecule has 8 heteroatoms. The maximum atomic E-state index is 13.1. The van der Waals surface area contributed by atoms with E-state index in [1.54, 1.807) is 24.3 Å². The predicted molar refractivity (Wildman–Crippen MR) is 121 cm³/mol. The second kappa shape index (κ2) is 9.80. The molecule has 1 N–H and O–H groups in total. The Morgan fingerprint density at radius 1 is 1.25 bits per heavy atom. The third-order valence-corrected chi connectivity index (χ3v) is 6.18. The molecule has 1 aliphatic heterocycles. The van der Waals surface area contributed by atoms with Crippen LogP contribution in [0.5, 0.6) is 0 Å². The Morgan fingerprint density at radius 3 is 2.81 bits per heavy atom. The van der Waals surface area contributed by atoms with E-state index in [0.29, 0.717) is 31.6 Å². The van der Waals surface area contributed by atoms with Gasteiger partial charge in [-0.1, -0.05) is 30.3 Å². The van der Waals surface area contributed by atoms with E-state index in [1.165, 1.54) is 0 Å². The average molecular weight is 435 g/mol. The number of aromatic nitrogens is 4. The molecule has 0 spiro atoms. The zero-order valence-corrected chi connectivity index (χ0v) is 18.7. The van der Waals surface area contributed by atoms with Crippen LogP contribution in [0, 0.1) is 6.92 Å². The first-order valence-electron chi connectivity index (χ1n) is 11.1. The van der Waals surface area contributed by atoms with Crippen LogP contribution in [0.2, 0.25) is 0 Å². The third kappa shape index (κ3) is 4.90. The molecule has 168 valence electrons. The number of aryl methyl sites for hydroxylation is 2. The Bertz CT molecular complexity index is 1060. The second-order valence-electron chi connectivity index (χ2n) is 8.44. The Balaban J connectivity index is 1.39. The summed E-state index contributed by atoms with van der Waals surface area (Å²) in [7, 11) is 1.81. The number of carbonyl (C=O) groups is 2. The lowest BCUT2D eigenvalue weighted by atomic mass is 9.92. The molecule has 0 aliphatic carbocycles. The molecule has 1 fully saturated rings. The van der Waals surface area contributed by atoms with Crippen molar-refractivity contribution in [2.45, 2.75) is 45.2 Å². The summed E-state index contributed by atoms with van der Waals surface area (Å²) in [6, 6.07) is 9.93. The monoisotopic (exact) mass is 434 g/mol. The molecule has 3 heterocycles. The number of rotatable bonds is 7. The molecule has 1 atom stereocenters. The average Bonchev–Trinajstić information content (AvgIpc) is 3.46. The van der Waals surface area contributed by atoms with E-state index in [1.807, 2.05) is 52.9 Å². The van der Waals surface area contributed by atoms with Gasteiger partial charge in [-0.3, -0.25) is 14.7 Å². The fourth-order valence-electron chi connectivity index (χ4n) is 4.37. The van der Waals surface area contributed by atoms with Crippen LogP contribution in [-0.2, 0) is 17.9 Å². The van der Waals surface area contributed by atoms with Crippen molar-refractivity contribution < 1.29 is 9.59 Å². The molecular formula is C24H30N6O2. The first-order chi connectivity index (χ1) is 15.5. The van der Waals surface area contributed by atoms with Crippen molar-refractivity contribution in [1.29, 1.82) is 0 Å². The minimum absolute atomic E-state index is 0.0587. The lowest BCUT2D eigenvalue weighted by Crippen LogP contribution is -2.40. The second-order valence-corrected chi connectivity index (χ2v) is 8.44. The van der Waals surface area contributed by atoms with E-state index in [9.17, 15) is 9.59 Å². The molecule has 8 nitrogen and oxygen atoms in total. The van der Waals surface area contributed by atoms with Gasteiger partial charge in [0, 0.05) is 58.0 Å². The van der Waals surface area contributed by atoms with Crippen LogP contribution in [0.4, 0.5) is 0 Å². The molecular weight excluding hydrogens is 404 g/mol. The molecule has 0 radical (unpaired) electrons. The van der Waals surface area contributed by atoms with Gasteiger partial charge in [0.15, 0.2) is 0 Å². The maximum Gasteiger partial charge on any atom is 0.257 e. The molecule has 4 rings (SSSR count). The van der Waals surface area contributed by atoms with E-state index in [0.717, 1.165) is 36.5 Å². The molecule has 1 aliphatic rings. The van der Waals surface area contributed by atoms with Crippen molar-refractivity contribution >= 4 is 11.8 Å².